The molecule has 0 aliphatic heterocycles. The van der Waals surface area contributed by atoms with Crippen molar-refractivity contribution in [1.82, 2.24) is 15.5 Å². The molecule has 2 N–H and O–H groups in total. The van der Waals surface area contributed by atoms with Gasteiger partial charge in [0.25, 0.3) is 0 Å². The van der Waals surface area contributed by atoms with Crippen LogP contribution in [0.5, 0.6) is 0 Å². The fraction of sp³-hybridized carbons (Fsp3) is 0.800. The molecular formula is C10H21N3O2. The molecule has 15 heavy (non-hydrogen) atoms. The molecule has 0 bridgehead atoms. The van der Waals surface area contributed by atoms with E-state index in [1.54, 1.807) is 26.0 Å². The van der Waals surface area contributed by atoms with Crippen molar-refractivity contribution in [3.8, 4) is 0 Å². The lowest BCUT2D eigenvalue weighted by molar-refractivity contribution is -0.130. The van der Waals surface area contributed by atoms with Crippen LogP contribution in [0.2, 0.25) is 0 Å². The maximum Gasteiger partial charge on any atom is 0.239 e. The Bertz CT molecular complexity index is 217. The van der Waals surface area contributed by atoms with Gasteiger partial charge >= 0.3 is 0 Å². The number of rotatable bonds is 6. The summed E-state index contributed by atoms with van der Waals surface area (Å²) in [4.78, 5) is 23.7. The number of hydrogen-bond acceptors (Lipinski definition) is 3. The molecule has 0 heterocycles. The van der Waals surface area contributed by atoms with Crippen molar-refractivity contribution in [1.29, 1.82) is 0 Å². The molecule has 0 spiro atoms. The van der Waals surface area contributed by atoms with Crippen LogP contribution in [0.25, 0.3) is 0 Å². The van der Waals surface area contributed by atoms with Gasteiger partial charge in [0.1, 0.15) is 0 Å². The lowest BCUT2D eigenvalue weighted by Gasteiger charge is -2.19. The summed E-state index contributed by atoms with van der Waals surface area (Å²) in [7, 11) is 5.24. The van der Waals surface area contributed by atoms with E-state index in [-0.39, 0.29) is 17.9 Å². The number of amides is 2. The van der Waals surface area contributed by atoms with Crippen molar-refractivity contribution in [2.45, 2.75) is 25.8 Å². The molecule has 2 amide bonds. The van der Waals surface area contributed by atoms with Gasteiger partial charge < -0.3 is 15.5 Å². The zero-order valence-corrected chi connectivity index (χ0v) is 9.96. The number of nitrogens with one attached hydrogen (secondary N) is 2. The SMILES string of the molecule is CNC(CCCNC(C)=O)C(=O)N(C)C. The molecule has 5 nitrogen and oxygen atoms in total. The minimum absolute atomic E-state index is 0.0325. The fourth-order valence-corrected chi connectivity index (χ4v) is 1.27. The first-order valence-corrected chi connectivity index (χ1v) is 5.12. The van der Waals surface area contributed by atoms with Crippen molar-refractivity contribution in [3.05, 3.63) is 0 Å². The average Bonchev–Trinajstić information content (AvgIpc) is 2.16. The molecule has 0 aromatic carbocycles. The first-order valence-electron chi connectivity index (χ1n) is 5.12. The van der Waals surface area contributed by atoms with Gasteiger partial charge in [0.15, 0.2) is 0 Å². The van der Waals surface area contributed by atoms with E-state index in [9.17, 15) is 9.59 Å². The molecule has 0 aromatic heterocycles. The summed E-state index contributed by atoms with van der Waals surface area (Å²) in [5.41, 5.74) is 0. The Morgan fingerprint density at radius 3 is 2.33 bits per heavy atom. The highest BCUT2D eigenvalue weighted by molar-refractivity contribution is 5.81. The Balaban J connectivity index is 3.80. The zero-order chi connectivity index (χ0) is 11.8. The Morgan fingerprint density at radius 1 is 1.33 bits per heavy atom. The molecule has 0 aromatic rings. The maximum absolute atomic E-state index is 11.6. The van der Waals surface area contributed by atoms with E-state index in [4.69, 9.17) is 0 Å². The first kappa shape index (κ1) is 13.9. The Labute approximate surface area is 91.2 Å². The van der Waals surface area contributed by atoms with Crippen LogP contribution in [0.1, 0.15) is 19.8 Å². The highest BCUT2D eigenvalue weighted by atomic mass is 16.2. The predicted octanol–water partition coefficient (Wildman–Crippen LogP) is -0.421. The minimum Gasteiger partial charge on any atom is -0.356 e. The third-order valence-corrected chi connectivity index (χ3v) is 2.13. The molecule has 1 atom stereocenters. The molecule has 1 unspecified atom stereocenters. The topological polar surface area (TPSA) is 61.4 Å². The predicted molar refractivity (Wildman–Crippen MR) is 59.5 cm³/mol. The van der Waals surface area contributed by atoms with Gasteiger partial charge in [-0.1, -0.05) is 0 Å². The van der Waals surface area contributed by atoms with Crippen molar-refractivity contribution in [3.63, 3.8) is 0 Å². The number of carbonyl (C=O) groups is 2. The van der Waals surface area contributed by atoms with Crippen LogP contribution in [0.4, 0.5) is 0 Å². The number of carbonyl (C=O) groups excluding carboxylic acids is 2. The van der Waals surface area contributed by atoms with E-state index in [0.29, 0.717) is 6.54 Å². The lowest BCUT2D eigenvalue weighted by atomic mass is 10.1. The Morgan fingerprint density at radius 2 is 1.93 bits per heavy atom. The third-order valence-electron chi connectivity index (χ3n) is 2.13. The summed E-state index contributed by atoms with van der Waals surface area (Å²) in [5.74, 6) is 0.0373. The molecule has 0 aliphatic carbocycles. The van der Waals surface area contributed by atoms with Crippen LogP contribution in [-0.2, 0) is 9.59 Å². The standard InChI is InChI=1S/C10H21N3O2/c1-8(14)12-7-5-6-9(11-2)10(15)13(3)4/h9,11H,5-7H2,1-4H3,(H,12,14). The summed E-state index contributed by atoms with van der Waals surface area (Å²) in [5, 5.41) is 5.67. The summed E-state index contributed by atoms with van der Waals surface area (Å²) in [6, 6.07) is -0.159. The van der Waals surface area contributed by atoms with Crippen LogP contribution in [0.15, 0.2) is 0 Å². The van der Waals surface area contributed by atoms with Gasteiger partial charge in [0, 0.05) is 27.6 Å². The lowest BCUT2D eigenvalue weighted by Crippen LogP contribution is -2.42. The summed E-state index contributed by atoms with van der Waals surface area (Å²) in [6.45, 7) is 2.11. The van der Waals surface area contributed by atoms with Crippen molar-refractivity contribution in [2.24, 2.45) is 0 Å². The average molecular weight is 215 g/mol. The zero-order valence-electron chi connectivity index (χ0n) is 9.96. The summed E-state index contributed by atoms with van der Waals surface area (Å²) >= 11 is 0. The van der Waals surface area contributed by atoms with Crippen molar-refractivity contribution < 1.29 is 9.59 Å². The number of nitrogens with zero attached hydrogens (tertiary/aromatic N) is 1. The molecule has 0 saturated carbocycles. The van der Waals surface area contributed by atoms with Gasteiger partial charge in [-0.2, -0.15) is 0 Å². The summed E-state index contributed by atoms with van der Waals surface area (Å²) < 4.78 is 0. The largest absolute Gasteiger partial charge is 0.356 e. The molecule has 0 saturated heterocycles. The highest BCUT2D eigenvalue weighted by Gasteiger charge is 2.17. The van der Waals surface area contributed by atoms with Gasteiger partial charge in [-0.25, -0.2) is 0 Å². The minimum atomic E-state index is -0.159. The van der Waals surface area contributed by atoms with Crippen LogP contribution in [0.3, 0.4) is 0 Å². The molecule has 0 fully saturated rings. The second-order valence-electron chi connectivity index (χ2n) is 3.70. The van der Waals surface area contributed by atoms with E-state index in [1.807, 2.05) is 0 Å². The maximum atomic E-state index is 11.6. The van der Waals surface area contributed by atoms with Crippen LogP contribution in [0, 0.1) is 0 Å². The van der Waals surface area contributed by atoms with Crippen LogP contribution in [-0.4, -0.2) is 50.4 Å². The molecule has 0 rings (SSSR count). The van der Waals surface area contributed by atoms with E-state index in [1.165, 1.54) is 6.92 Å². The Hall–Kier alpha value is -1.10. The van der Waals surface area contributed by atoms with Gasteiger partial charge in [-0.15, -0.1) is 0 Å². The molecular weight excluding hydrogens is 194 g/mol. The van der Waals surface area contributed by atoms with Crippen molar-refractivity contribution in [2.75, 3.05) is 27.7 Å². The van der Waals surface area contributed by atoms with Gasteiger partial charge in [0.2, 0.25) is 11.8 Å². The normalized spacial score (nSPS) is 12.0. The third kappa shape index (κ3) is 6.06. The second kappa shape index (κ2) is 7.23. The molecule has 88 valence electrons. The van der Waals surface area contributed by atoms with E-state index in [2.05, 4.69) is 10.6 Å². The van der Waals surface area contributed by atoms with Gasteiger partial charge in [0.05, 0.1) is 6.04 Å². The molecule has 0 radical (unpaired) electrons. The van der Waals surface area contributed by atoms with Gasteiger partial charge in [-0.3, -0.25) is 9.59 Å². The number of likely N-dealkylation sites (N-methyl/N-ethyl adjacent to an activating group) is 2. The van der Waals surface area contributed by atoms with E-state index < -0.39 is 0 Å². The number of hydrogen-bond donors (Lipinski definition) is 2. The fourth-order valence-electron chi connectivity index (χ4n) is 1.27. The van der Waals surface area contributed by atoms with E-state index in [0.717, 1.165) is 12.8 Å². The molecule has 5 heteroatoms. The van der Waals surface area contributed by atoms with Crippen LogP contribution >= 0.6 is 0 Å². The highest BCUT2D eigenvalue weighted by Crippen LogP contribution is 1.99. The smallest absolute Gasteiger partial charge is 0.239 e. The Kier molecular flexibility index (Phi) is 6.70. The van der Waals surface area contributed by atoms with Crippen molar-refractivity contribution >= 4 is 11.8 Å². The second-order valence-corrected chi connectivity index (χ2v) is 3.70. The molecule has 0 aliphatic rings. The summed E-state index contributed by atoms with van der Waals surface area (Å²) in [6.07, 6.45) is 1.53. The first-order chi connectivity index (χ1) is 6.99. The van der Waals surface area contributed by atoms with Crippen LogP contribution < -0.4 is 10.6 Å². The quantitative estimate of drug-likeness (QED) is 0.592. The van der Waals surface area contributed by atoms with Gasteiger partial charge in [-0.05, 0) is 19.9 Å². The van der Waals surface area contributed by atoms with E-state index >= 15 is 0 Å². The monoisotopic (exact) mass is 215 g/mol.